The van der Waals surface area contributed by atoms with Gasteiger partial charge < -0.3 is 20.5 Å². The molecule has 0 fully saturated rings. The zero-order valence-corrected chi connectivity index (χ0v) is 28.6. The van der Waals surface area contributed by atoms with E-state index in [-0.39, 0.29) is 0 Å². The van der Waals surface area contributed by atoms with Gasteiger partial charge in [0.25, 0.3) is 0 Å². The number of rotatable bonds is 3. The second-order valence-corrected chi connectivity index (χ2v) is 11.6. The summed E-state index contributed by atoms with van der Waals surface area (Å²) in [6.07, 6.45) is 16.5. The number of aromatic nitrogens is 7. The average Bonchev–Trinajstić information content (AvgIpc) is 3.71. The summed E-state index contributed by atoms with van der Waals surface area (Å²) in [7, 11) is 7.99. The highest BCUT2D eigenvalue weighted by Gasteiger charge is 2.04. The molecular weight excluding hydrogens is 696 g/mol. The summed E-state index contributed by atoms with van der Waals surface area (Å²) in [4.78, 5) is 27.7. The number of pyridine rings is 5. The highest BCUT2D eigenvalue weighted by Crippen LogP contribution is 2.19. The summed E-state index contributed by atoms with van der Waals surface area (Å²) in [6.45, 7) is 0. The molecule has 0 aliphatic carbocycles. The van der Waals surface area contributed by atoms with Gasteiger partial charge in [0, 0.05) is 63.8 Å². The smallest absolute Gasteiger partial charge is 0.137 e. The van der Waals surface area contributed by atoms with Gasteiger partial charge in [-0.2, -0.15) is 0 Å². The summed E-state index contributed by atoms with van der Waals surface area (Å²) in [6, 6.07) is 19.7. The van der Waals surface area contributed by atoms with E-state index in [0.29, 0.717) is 5.69 Å². The minimum absolute atomic E-state index is 0.688. The molecule has 0 radical (unpaired) electrons. The van der Waals surface area contributed by atoms with E-state index in [0.717, 1.165) is 37.4 Å². The van der Waals surface area contributed by atoms with Crippen molar-refractivity contribution in [3.8, 4) is 5.82 Å². The van der Waals surface area contributed by atoms with Crippen LogP contribution in [0.1, 0.15) is 0 Å². The van der Waals surface area contributed by atoms with E-state index in [4.69, 9.17) is 5.73 Å². The van der Waals surface area contributed by atoms with Crippen LogP contribution in [0.3, 0.4) is 0 Å². The number of halogens is 2. The molecule has 0 aromatic carbocycles. The Bertz CT molecular complexity index is 1830. The normalized spacial score (nSPS) is 10.1. The first-order chi connectivity index (χ1) is 21.7. The molecule has 230 valence electrons. The van der Waals surface area contributed by atoms with Gasteiger partial charge in [-0.25, -0.2) is 15.0 Å². The van der Waals surface area contributed by atoms with Gasteiger partial charge in [-0.1, -0.05) is 0 Å². The molecule has 3 N–H and O–H groups in total. The van der Waals surface area contributed by atoms with Gasteiger partial charge in [0.2, 0.25) is 0 Å². The molecule has 12 heteroatoms. The first-order valence-electron chi connectivity index (χ1n) is 13.8. The van der Waals surface area contributed by atoms with E-state index in [1.807, 2.05) is 116 Å². The number of nitrogens with two attached hydrogens (primary N) is 1. The maximum atomic E-state index is 5.34. The minimum Gasteiger partial charge on any atom is -0.397 e. The zero-order chi connectivity index (χ0) is 32.2. The van der Waals surface area contributed by atoms with Gasteiger partial charge in [-0.15, -0.1) is 0 Å². The van der Waals surface area contributed by atoms with Crippen LogP contribution in [0.15, 0.2) is 126 Å². The third-order valence-corrected chi connectivity index (χ3v) is 7.26. The Morgan fingerprint density at radius 3 is 1.82 bits per heavy atom. The number of nitrogen functional groups attached to an aromatic ring is 1. The van der Waals surface area contributed by atoms with Crippen molar-refractivity contribution in [1.82, 2.24) is 34.5 Å². The maximum absolute atomic E-state index is 5.34. The SMILES string of the molecule is CN(C)c1ccc(-n2ccc3ccncc32)nc1.CN(C)c1ccc(Br)nc1.Nc1ccc(Br)nc1.c1cc2cc[nH]c2cn1. The van der Waals surface area contributed by atoms with E-state index in [9.17, 15) is 0 Å². The Morgan fingerprint density at radius 2 is 1.27 bits per heavy atom. The van der Waals surface area contributed by atoms with Crippen molar-refractivity contribution >= 4 is 70.7 Å². The lowest BCUT2D eigenvalue weighted by Gasteiger charge is -2.12. The Morgan fingerprint density at radius 1 is 0.644 bits per heavy atom. The molecule has 0 atom stereocenters. The van der Waals surface area contributed by atoms with Crippen molar-refractivity contribution in [2.45, 2.75) is 0 Å². The van der Waals surface area contributed by atoms with Crippen LogP contribution in [0.5, 0.6) is 0 Å². The highest BCUT2D eigenvalue weighted by molar-refractivity contribution is 9.10. The lowest BCUT2D eigenvalue weighted by Crippen LogP contribution is -2.09. The van der Waals surface area contributed by atoms with Crippen molar-refractivity contribution in [2.24, 2.45) is 0 Å². The summed E-state index contributed by atoms with van der Waals surface area (Å²) in [5.41, 5.74) is 10.4. The highest BCUT2D eigenvalue weighted by atomic mass is 79.9. The number of nitrogens with one attached hydrogen (secondary N) is 1. The van der Waals surface area contributed by atoms with Crippen LogP contribution in [0.25, 0.3) is 27.6 Å². The molecule has 7 aromatic rings. The first-order valence-corrected chi connectivity index (χ1v) is 15.4. The Kier molecular flexibility index (Phi) is 12.0. The van der Waals surface area contributed by atoms with Gasteiger partial charge in [-0.05, 0) is 92.5 Å². The number of nitrogens with zero attached hydrogens (tertiary/aromatic N) is 8. The van der Waals surface area contributed by atoms with E-state index >= 15 is 0 Å². The van der Waals surface area contributed by atoms with Gasteiger partial charge in [0.05, 0.1) is 59.1 Å². The second kappa shape index (κ2) is 16.3. The summed E-state index contributed by atoms with van der Waals surface area (Å²) >= 11 is 6.44. The Labute approximate surface area is 279 Å². The molecule has 0 amide bonds. The number of H-pyrrole nitrogens is 1. The number of anilines is 3. The summed E-state index contributed by atoms with van der Waals surface area (Å²) in [5, 5.41) is 2.38. The van der Waals surface area contributed by atoms with Gasteiger partial charge in [0.1, 0.15) is 15.0 Å². The predicted molar refractivity (Wildman–Crippen MR) is 192 cm³/mol. The van der Waals surface area contributed by atoms with Crippen LogP contribution in [-0.2, 0) is 0 Å². The average molecular weight is 731 g/mol. The molecule has 0 aliphatic rings. The molecule has 7 rings (SSSR count). The topological polar surface area (TPSA) is 118 Å². The monoisotopic (exact) mass is 728 g/mol. The van der Waals surface area contributed by atoms with E-state index < -0.39 is 0 Å². The predicted octanol–water partition coefficient (Wildman–Crippen LogP) is 7.39. The molecule has 7 heterocycles. The van der Waals surface area contributed by atoms with Crippen molar-refractivity contribution in [3.05, 3.63) is 126 Å². The molecule has 0 aliphatic heterocycles. The van der Waals surface area contributed by atoms with Crippen LogP contribution in [0.2, 0.25) is 0 Å². The van der Waals surface area contributed by atoms with Crippen LogP contribution >= 0.6 is 31.9 Å². The number of hydrogen-bond donors (Lipinski definition) is 2. The van der Waals surface area contributed by atoms with Crippen molar-refractivity contribution in [3.63, 3.8) is 0 Å². The maximum Gasteiger partial charge on any atom is 0.137 e. The Balaban J connectivity index is 0.000000146. The molecule has 10 nitrogen and oxygen atoms in total. The van der Waals surface area contributed by atoms with E-state index in [2.05, 4.69) is 73.9 Å². The quantitative estimate of drug-likeness (QED) is 0.181. The van der Waals surface area contributed by atoms with Crippen molar-refractivity contribution < 1.29 is 0 Å². The molecular formula is C33H34Br2N10. The fraction of sp³-hybridized carbons (Fsp3) is 0.121. The first kappa shape index (κ1) is 33.1. The molecule has 0 spiro atoms. The number of aromatic amines is 1. The number of hydrogen-bond acceptors (Lipinski definition) is 8. The molecule has 0 saturated heterocycles. The lowest BCUT2D eigenvalue weighted by atomic mass is 10.3. The van der Waals surface area contributed by atoms with Crippen LogP contribution in [0.4, 0.5) is 17.1 Å². The Hall–Kier alpha value is -4.81. The molecule has 0 bridgehead atoms. The fourth-order valence-electron chi connectivity index (χ4n) is 3.87. The lowest BCUT2D eigenvalue weighted by molar-refractivity contribution is 1.02. The van der Waals surface area contributed by atoms with Gasteiger partial charge >= 0.3 is 0 Å². The van der Waals surface area contributed by atoms with Crippen LogP contribution < -0.4 is 15.5 Å². The minimum atomic E-state index is 0.688. The van der Waals surface area contributed by atoms with Gasteiger partial charge in [0.15, 0.2) is 0 Å². The van der Waals surface area contributed by atoms with Crippen molar-refractivity contribution in [1.29, 1.82) is 0 Å². The van der Waals surface area contributed by atoms with Crippen molar-refractivity contribution in [2.75, 3.05) is 43.7 Å². The summed E-state index contributed by atoms with van der Waals surface area (Å²) in [5.74, 6) is 0.906. The summed E-state index contributed by atoms with van der Waals surface area (Å²) < 4.78 is 3.73. The van der Waals surface area contributed by atoms with E-state index in [1.165, 1.54) is 10.8 Å². The number of fused-ring (bicyclic) bond motifs is 2. The van der Waals surface area contributed by atoms with Crippen LogP contribution in [-0.4, -0.2) is 62.7 Å². The molecule has 7 aromatic heterocycles. The fourth-order valence-corrected chi connectivity index (χ4v) is 4.34. The van der Waals surface area contributed by atoms with Crippen LogP contribution in [0, 0.1) is 0 Å². The third-order valence-electron chi connectivity index (χ3n) is 6.33. The second-order valence-electron chi connectivity index (χ2n) is 9.98. The van der Waals surface area contributed by atoms with E-state index in [1.54, 1.807) is 30.7 Å². The molecule has 0 unspecified atom stereocenters. The largest absolute Gasteiger partial charge is 0.397 e. The standard InChI is InChI=1S/C14H14N4.C7H9BrN2.C7H6N2.C5H5BrN2/c1-17(2)12-3-4-14(16-9-12)18-8-6-11-5-7-15-10-13(11)18;1-10(2)6-3-4-7(8)9-5-6;1-3-8-5-7-6(1)2-4-9-7;6-5-2-1-4(7)3-8-5/h3-10H,1-2H3;3-5H,1-2H3;1-5,9H;1-3H,7H2. The molecule has 45 heavy (non-hydrogen) atoms. The third kappa shape index (κ3) is 9.85. The molecule has 0 saturated carbocycles. The zero-order valence-electron chi connectivity index (χ0n) is 25.4. The van der Waals surface area contributed by atoms with Gasteiger partial charge in [-0.3, -0.25) is 14.5 Å².